The second-order valence-electron chi connectivity index (χ2n) is 7.97. The van der Waals surface area contributed by atoms with Gasteiger partial charge in [-0.1, -0.05) is 41.9 Å². The van der Waals surface area contributed by atoms with Crippen molar-refractivity contribution in [3.05, 3.63) is 81.4 Å². The molecule has 4 aromatic rings. The van der Waals surface area contributed by atoms with Crippen LogP contribution >= 0.6 is 11.6 Å². The number of hydrogen-bond acceptors (Lipinski definition) is 6. The Bertz CT molecular complexity index is 1590. The number of rotatable bonds is 6. The van der Waals surface area contributed by atoms with E-state index in [9.17, 15) is 23.1 Å². The van der Waals surface area contributed by atoms with Gasteiger partial charge in [0.2, 0.25) is 0 Å². The van der Waals surface area contributed by atoms with Crippen LogP contribution in [-0.4, -0.2) is 41.1 Å². The summed E-state index contributed by atoms with van der Waals surface area (Å²) in [4.78, 5) is 30.6. The molecule has 0 amide bonds. The van der Waals surface area contributed by atoms with Crippen molar-refractivity contribution >= 4 is 38.6 Å². The van der Waals surface area contributed by atoms with Gasteiger partial charge in [-0.15, -0.1) is 0 Å². The lowest BCUT2D eigenvalue weighted by atomic mass is 10.0. The number of imidazole rings is 1. The van der Waals surface area contributed by atoms with E-state index in [4.69, 9.17) is 16.3 Å². The number of carbonyl (C=O) groups is 1. The van der Waals surface area contributed by atoms with Crippen molar-refractivity contribution in [3.8, 4) is 11.4 Å². The van der Waals surface area contributed by atoms with E-state index < -0.39 is 26.2 Å². The van der Waals surface area contributed by atoms with Gasteiger partial charge in [-0.05, 0) is 37.6 Å². The van der Waals surface area contributed by atoms with E-state index in [1.165, 1.54) is 31.4 Å². The maximum atomic E-state index is 13.8. The van der Waals surface area contributed by atoms with Crippen LogP contribution in [0.2, 0.25) is 5.02 Å². The van der Waals surface area contributed by atoms with Crippen molar-refractivity contribution in [1.29, 1.82) is 0 Å². The number of sulfone groups is 1. The molecule has 0 spiro atoms. The highest BCUT2D eigenvalue weighted by atomic mass is 35.5. The van der Waals surface area contributed by atoms with Gasteiger partial charge in [0.15, 0.2) is 21.2 Å². The van der Waals surface area contributed by atoms with Crippen LogP contribution in [0.1, 0.15) is 29.9 Å². The molecule has 0 fully saturated rings. The molecule has 0 saturated heterocycles. The highest BCUT2D eigenvalue weighted by molar-refractivity contribution is 7.92. The van der Waals surface area contributed by atoms with Gasteiger partial charge in [0, 0.05) is 6.07 Å². The fraction of sp³-hybridized carbons (Fsp3) is 0.174. The number of ether oxygens (including phenoxy) is 1. The first kappa shape index (κ1) is 23.5. The quantitative estimate of drug-likeness (QED) is 0.411. The van der Waals surface area contributed by atoms with Gasteiger partial charge in [-0.25, -0.2) is 27.6 Å². The number of fused-ring (bicyclic) bond motifs is 1. The third-order valence-corrected chi connectivity index (χ3v) is 8.44. The molecule has 0 aliphatic heterocycles. The molecule has 2 heterocycles. The van der Waals surface area contributed by atoms with E-state index in [1.807, 2.05) is 0 Å². The van der Waals surface area contributed by atoms with E-state index in [-0.39, 0.29) is 38.2 Å². The first-order valence-electron chi connectivity index (χ1n) is 10.0. The number of nitrogens with one attached hydrogen (secondary N) is 1. The maximum absolute atomic E-state index is 13.8. The summed E-state index contributed by atoms with van der Waals surface area (Å²) < 4.78 is 32.7. The van der Waals surface area contributed by atoms with Crippen molar-refractivity contribution in [2.24, 2.45) is 0 Å². The molecule has 2 aromatic carbocycles. The number of nitrogens with zero attached hydrogens (tertiary/aromatic N) is 2. The second kappa shape index (κ2) is 8.30. The number of aromatic amines is 1. The molecule has 0 unspecified atom stereocenters. The van der Waals surface area contributed by atoms with E-state index in [0.717, 1.165) is 4.57 Å². The molecule has 11 heteroatoms. The first-order chi connectivity index (χ1) is 16.0. The average molecular weight is 502 g/mol. The monoisotopic (exact) mass is 501 g/mol. The van der Waals surface area contributed by atoms with Crippen molar-refractivity contribution < 1.29 is 23.1 Å². The summed E-state index contributed by atoms with van der Waals surface area (Å²) in [5.41, 5.74) is -0.133. The van der Waals surface area contributed by atoms with Crippen LogP contribution in [0.25, 0.3) is 16.9 Å². The van der Waals surface area contributed by atoms with Crippen molar-refractivity contribution in [2.45, 2.75) is 23.5 Å². The van der Waals surface area contributed by atoms with Gasteiger partial charge in [-0.2, -0.15) is 0 Å². The van der Waals surface area contributed by atoms with Crippen LogP contribution in [-0.2, 0) is 14.6 Å². The van der Waals surface area contributed by atoms with Crippen LogP contribution in [0, 0.1) is 0 Å². The molecule has 0 aliphatic carbocycles. The van der Waals surface area contributed by atoms with Gasteiger partial charge in [0.25, 0.3) is 0 Å². The zero-order valence-electron chi connectivity index (χ0n) is 18.4. The molecule has 0 bridgehead atoms. The number of halogens is 1. The lowest BCUT2D eigenvalue weighted by molar-refractivity contribution is 0.0691. The van der Waals surface area contributed by atoms with E-state index in [0.29, 0.717) is 5.56 Å². The first-order valence-corrected chi connectivity index (χ1v) is 11.9. The van der Waals surface area contributed by atoms with Gasteiger partial charge in [0.1, 0.15) is 10.6 Å². The smallest absolute Gasteiger partial charge is 0.354 e. The van der Waals surface area contributed by atoms with Crippen molar-refractivity contribution in [2.75, 3.05) is 7.11 Å². The number of aromatic nitrogens is 3. The summed E-state index contributed by atoms with van der Waals surface area (Å²) in [5, 5.41) is 9.31. The van der Waals surface area contributed by atoms with E-state index >= 15 is 0 Å². The maximum Gasteiger partial charge on any atom is 0.354 e. The van der Waals surface area contributed by atoms with Gasteiger partial charge < -0.3 is 14.8 Å². The highest BCUT2D eigenvalue weighted by Crippen LogP contribution is 2.41. The topological polar surface area (TPSA) is 131 Å². The van der Waals surface area contributed by atoms with Crippen molar-refractivity contribution in [1.82, 2.24) is 14.5 Å². The zero-order chi connectivity index (χ0) is 24.8. The molecule has 0 aliphatic rings. The number of hydrogen-bond donors (Lipinski definition) is 2. The Morgan fingerprint density at radius 1 is 1.15 bits per heavy atom. The van der Waals surface area contributed by atoms with Crippen molar-refractivity contribution in [3.63, 3.8) is 0 Å². The standard InChI is InChI=1S/C23H20ClN3O6S/c1-23(2,13-7-5-4-6-8-13)34(31,32)19-12-17(14(24)11-18(19)33-3)27-20-15(26-22(27)30)9-10-16(25-20)21(28)29/h4-12H,1-3H3,(H,26,30)(H,28,29). The number of aromatic carboxylic acids is 1. The van der Waals surface area contributed by atoms with Crippen LogP contribution in [0.4, 0.5) is 0 Å². The molecular weight excluding hydrogens is 482 g/mol. The molecule has 176 valence electrons. The number of H-pyrrole nitrogens is 1. The largest absolute Gasteiger partial charge is 0.495 e. The SMILES string of the molecule is COc1cc(Cl)c(-n2c(=O)[nH]c3ccc(C(=O)O)nc32)cc1S(=O)(=O)C(C)(C)c1ccccc1. The minimum atomic E-state index is -4.08. The average Bonchev–Trinajstić information content (AvgIpc) is 3.13. The molecule has 0 radical (unpaired) electrons. The summed E-state index contributed by atoms with van der Waals surface area (Å²) in [6.45, 7) is 3.15. The number of pyridine rings is 1. The fourth-order valence-corrected chi connectivity index (χ4v) is 5.57. The molecule has 2 aromatic heterocycles. The predicted molar refractivity (Wildman–Crippen MR) is 127 cm³/mol. The highest BCUT2D eigenvalue weighted by Gasteiger charge is 2.40. The Morgan fingerprint density at radius 2 is 1.82 bits per heavy atom. The summed E-state index contributed by atoms with van der Waals surface area (Å²) in [6.07, 6.45) is 0. The van der Waals surface area contributed by atoms with Crippen LogP contribution in [0.15, 0.2) is 64.3 Å². The van der Waals surface area contributed by atoms with Crippen LogP contribution in [0.5, 0.6) is 5.75 Å². The number of carboxylic acid groups (broad SMARTS) is 1. The molecule has 9 nitrogen and oxygen atoms in total. The zero-order valence-corrected chi connectivity index (χ0v) is 19.9. The summed E-state index contributed by atoms with van der Waals surface area (Å²) >= 11 is 6.44. The lowest BCUT2D eigenvalue weighted by Gasteiger charge is -2.27. The Morgan fingerprint density at radius 3 is 2.44 bits per heavy atom. The number of methoxy groups -OCH3 is 1. The summed E-state index contributed by atoms with van der Waals surface area (Å²) in [7, 11) is -2.76. The van der Waals surface area contributed by atoms with Crippen LogP contribution in [0.3, 0.4) is 0 Å². The Labute approximate surface area is 199 Å². The molecule has 0 atom stereocenters. The van der Waals surface area contributed by atoms with Gasteiger partial charge in [0.05, 0.1) is 28.1 Å². The third kappa shape index (κ3) is 3.64. The molecule has 2 N–H and O–H groups in total. The number of benzene rings is 2. The second-order valence-corrected chi connectivity index (χ2v) is 10.8. The Hall–Kier alpha value is -3.63. The third-order valence-electron chi connectivity index (χ3n) is 5.66. The molecule has 34 heavy (non-hydrogen) atoms. The fourth-order valence-electron chi connectivity index (χ4n) is 3.66. The molecule has 0 saturated carbocycles. The van der Waals surface area contributed by atoms with Gasteiger partial charge >= 0.3 is 11.7 Å². The minimum Gasteiger partial charge on any atom is -0.495 e. The Balaban J connectivity index is 2.01. The normalized spacial score (nSPS) is 12.1. The molecule has 4 rings (SSSR count). The van der Waals surface area contributed by atoms with E-state index in [2.05, 4.69) is 9.97 Å². The van der Waals surface area contributed by atoms with Crippen LogP contribution < -0.4 is 10.4 Å². The minimum absolute atomic E-state index is 0.00447. The van der Waals surface area contributed by atoms with E-state index in [1.54, 1.807) is 44.2 Å². The number of carboxylic acids is 1. The lowest BCUT2D eigenvalue weighted by Crippen LogP contribution is -2.30. The van der Waals surface area contributed by atoms with Gasteiger partial charge in [-0.3, -0.25) is 0 Å². The predicted octanol–water partition coefficient (Wildman–Crippen LogP) is 3.78. The molecular formula is C23H20ClN3O6S. The summed E-state index contributed by atoms with van der Waals surface area (Å²) in [5.74, 6) is -1.28. The Kier molecular flexibility index (Phi) is 5.74. The summed E-state index contributed by atoms with van der Waals surface area (Å²) in [6, 6.07) is 13.9.